The molecule has 0 N–H and O–H groups in total. The molecular formula is C54H76N4O2. The lowest BCUT2D eigenvalue weighted by Gasteiger charge is -2.59. The average Bonchev–Trinajstić information content (AvgIpc) is 3.67. The zero-order valence-corrected chi connectivity index (χ0v) is 38.1. The van der Waals surface area contributed by atoms with Crippen LogP contribution in [0, 0.1) is 69.0 Å². The average molecular weight is 813 g/mol. The number of nitrogens with zero attached hydrogens (tertiary/aromatic N) is 4. The van der Waals surface area contributed by atoms with E-state index < -0.39 is 0 Å². The normalized spacial score (nSPS) is 40.6. The highest BCUT2D eigenvalue weighted by Gasteiger charge is 2.60. The Bertz CT molecular complexity index is 1860. The summed E-state index contributed by atoms with van der Waals surface area (Å²) in [7, 11) is 0. The SMILES string of the molecule is CCC(=O)N1CCC2CC[C@@H]3[C@H](CC[C@]4(C)C(c5cccnc5)=CC[C@@H]34)[C@@]2(C)CC1.CCC(=O)N1CCC[C@@]2(C)C(CC[C@@H]3[C@@H]2CC[C@]2(C)C(c4cccnc4)=CC[C@@H]32)C1. The molecule has 2 saturated heterocycles. The van der Waals surface area contributed by atoms with Gasteiger partial charge < -0.3 is 9.80 Å². The molecule has 0 spiro atoms. The van der Waals surface area contributed by atoms with Crippen molar-refractivity contribution < 1.29 is 9.59 Å². The quantitative estimate of drug-likeness (QED) is 0.308. The van der Waals surface area contributed by atoms with Gasteiger partial charge in [-0.25, -0.2) is 0 Å². The maximum atomic E-state index is 12.5. The molecule has 6 aliphatic carbocycles. The van der Waals surface area contributed by atoms with Crippen molar-refractivity contribution in [3.05, 3.63) is 72.3 Å². The summed E-state index contributed by atoms with van der Waals surface area (Å²) in [4.78, 5) is 38.0. The monoisotopic (exact) mass is 813 g/mol. The Morgan fingerprint density at radius 1 is 0.600 bits per heavy atom. The Hall–Kier alpha value is -3.28. The number of hydrogen-bond acceptors (Lipinski definition) is 4. The van der Waals surface area contributed by atoms with Gasteiger partial charge >= 0.3 is 0 Å². The van der Waals surface area contributed by atoms with Gasteiger partial charge in [-0.2, -0.15) is 0 Å². The van der Waals surface area contributed by atoms with Crippen molar-refractivity contribution in [2.45, 2.75) is 144 Å². The molecule has 60 heavy (non-hydrogen) atoms. The number of carbonyl (C=O) groups is 2. The third-order valence-corrected chi connectivity index (χ3v) is 19.8. The first-order valence-corrected chi connectivity index (χ1v) is 24.7. The van der Waals surface area contributed by atoms with Crippen LogP contribution in [0.1, 0.15) is 155 Å². The van der Waals surface area contributed by atoms with Gasteiger partial charge in [-0.1, -0.05) is 65.8 Å². The maximum Gasteiger partial charge on any atom is 0.222 e. The van der Waals surface area contributed by atoms with E-state index in [2.05, 4.69) is 96.3 Å². The number of hydrogen-bond donors (Lipinski definition) is 0. The van der Waals surface area contributed by atoms with E-state index in [1.807, 2.05) is 26.2 Å². The second-order valence-corrected chi connectivity index (χ2v) is 22.0. The van der Waals surface area contributed by atoms with Gasteiger partial charge in [-0.3, -0.25) is 19.6 Å². The second-order valence-electron chi connectivity index (χ2n) is 22.0. The third kappa shape index (κ3) is 6.95. The van der Waals surface area contributed by atoms with Crippen molar-refractivity contribution in [1.29, 1.82) is 0 Å². The van der Waals surface area contributed by atoms with Crippen LogP contribution in [0.5, 0.6) is 0 Å². The summed E-state index contributed by atoms with van der Waals surface area (Å²) in [5.74, 6) is 7.08. The Morgan fingerprint density at radius 3 is 1.67 bits per heavy atom. The molecule has 2 unspecified atom stereocenters. The molecule has 2 aromatic heterocycles. The molecule has 0 radical (unpaired) electrons. The molecule has 2 aromatic rings. The minimum Gasteiger partial charge on any atom is -0.343 e. The second kappa shape index (κ2) is 16.4. The van der Waals surface area contributed by atoms with Crippen molar-refractivity contribution in [3.63, 3.8) is 0 Å². The lowest BCUT2D eigenvalue weighted by molar-refractivity contribution is -0.133. The fourth-order valence-electron chi connectivity index (χ4n) is 16.4. The van der Waals surface area contributed by atoms with Crippen molar-refractivity contribution in [1.82, 2.24) is 19.8 Å². The third-order valence-electron chi connectivity index (χ3n) is 19.8. The number of fused-ring (bicyclic) bond motifs is 10. The van der Waals surface area contributed by atoms with Gasteiger partial charge in [0.25, 0.3) is 0 Å². The minimum atomic E-state index is 0.308. The largest absolute Gasteiger partial charge is 0.343 e. The summed E-state index contributed by atoms with van der Waals surface area (Å²) in [6.45, 7) is 18.2. The fourth-order valence-corrected chi connectivity index (χ4v) is 16.4. The molecule has 4 heterocycles. The molecule has 6 nitrogen and oxygen atoms in total. The highest BCUT2D eigenvalue weighted by Crippen LogP contribution is 2.68. The van der Waals surface area contributed by atoms with Gasteiger partial charge in [0.15, 0.2) is 0 Å². The standard InChI is InChI=1S/2C27H38N2O/c1-4-25(30)29-16-6-13-26(2)20(18-29)8-9-21-23-11-10-22(19-7-5-15-28-17-19)27(23,3)14-12-24(21)26;1-4-25(30)29-16-12-20-7-8-21-23-10-9-22(19-6-5-15-28-18-19)27(23,3)13-11-24(21)26(20,2)14-17-29/h5,7,10,15,17,20-21,23-24H,4,6,8-9,11-14,16,18H2,1-3H3;5-6,9,15,18,20-21,23-24H,4,7-8,10-14,16-17H2,1-3H3/t2*20?,21-,23-,24-,26-,27+/m00/s1. The van der Waals surface area contributed by atoms with E-state index in [1.165, 1.54) is 101 Å². The van der Waals surface area contributed by atoms with Crippen LogP contribution in [-0.2, 0) is 9.59 Å². The fraction of sp³-hybridized carbons (Fsp3) is 0.704. The van der Waals surface area contributed by atoms with Gasteiger partial charge in [-0.05, 0) is 193 Å². The van der Waals surface area contributed by atoms with Crippen LogP contribution in [0.25, 0.3) is 11.1 Å². The van der Waals surface area contributed by atoms with E-state index in [4.69, 9.17) is 0 Å². The molecule has 324 valence electrons. The molecule has 2 aliphatic heterocycles. The number of aromatic nitrogens is 2. The van der Waals surface area contributed by atoms with Crippen LogP contribution in [0.2, 0.25) is 0 Å². The van der Waals surface area contributed by atoms with Gasteiger partial charge in [0.1, 0.15) is 0 Å². The van der Waals surface area contributed by atoms with Gasteiger partial charge in [0, 0.05) is 63.8 Å². The highest BCUT2D eigenvalue weighted by atomic mass is 16.2. The molecule has 4 saturated carbocycles. The molecular weight excluding hydrogens is 737 g/mol. The van der Waals surface area contributed by atoms with E-state index in [1.54, 1.807) is 11.1 Å². The van der Waals surface area contributed by atoms with Crippen LogP contribution in [0.15, 0.2) is 61.2 Å². The first kappa shape index (κ1) is 42.0. The van der Waals surface area contributed by atoms with Crippen molar-refractivity contribution >= 4 is 23.0 Å². The molecule has 0 aromatic carbocycles. The van der Waals surface area contributed by atoms with Crippen LogP contribution in [0.4, 0.5) is 0 Å². The molecule has 0 bridgehead atoms. The van der Waals surface area contributed by atoms with Crippen LogP contribution in [-0.4, -0.2) is 57.8 Å². The number of amides is 2. The van der Waals surface area contributed by atoms with Crippen LogP contribution in [0.3, 0.4) is 0 Å². The number of rotatable bonds is 4. The molecule has 6 heteroatoms. The lowest BCUT2D eigenvalue weighted by atomic mass is 9.46. The van der Waals surface area contributed by atoms with Gasteiger partial charge in [-0.15, -0.1) is 0 Å². The zero-order valence-electron chi connectivity index (χ0n) is 38.1. The molecule has 8 aliphatic rings. The Kier molecular flexibility index (Phi) is 11.5. The number of carbonyl (C=O) groups excluding carboxylic acids is 2. The van der Waals surface area contributed by atoms with Gasteiger partial charge in [0.05, 0.1) is 0 Å². The maximum absolute atomic E-state index is 12.5. The summed E-state index contributed by atoms with van der Waals surface area (Å²) in [5, 5.41) is 0. The highest BCUT2D eigenvalue weighted by molar-refractivity contribution is 5.76. The number of likely N-dealkylation sites (tertiary alicyclic amines) is 2. The minimum absolute atomic E-state index is 0.308. The van der Waals surface area contributed by atoms with E-state index in [9.17, 15) is 9.59 Å². The van der Waals surface area contributed by atoms with E-state index in [0.29, 0.717) is 52.2 Å². The molecule has 12 atom stereocenters. The molecule has 10 rings (SSSR count). The van der Waals surface area contributed by atoms with E-state index in [0.717, 1.165) is 67.6 Å². The van der Waals surface area contributed by atoms with E-state index >= 15 is 0 Å². The Balaban J connectivity index is 0.000000154. The van der Waals surface area contributed by atoms with E-state index in [-0.39, 0.29) is 0 Å². The predicted molar refractivity (Wildman–Crippen MR) is 243 cm³/mol. The van der Waals surface area contributed by atoms with Crippen molar-refractivity contribution in [2.75, 3.05) is 26.2 Å². The smallest absolute Gasteiger partial charge is 0.222 e. The lowest BCUT2D eigenvalue weighted by Crippen LogP contribution is -2.52. The summed E-state index contributed by atoms with van der Waals surface area (Å²) in [5.41, 5.74) is 7.23. The van der Waals surface area contributed by atoms with Crippen molar-refractivity contribution in [3.8, 4) is 0 Å². The van der Waals surface area contributed by atoms with Gasteiger partial charge in [0.2, 0.25) is 11.8 Å². The molecule has 2 amide bonds. The van der Waals surface area contributed by atoms with Crippen LogP contribution >= 0.6 is 0 Å². The number of pyridine rings is 2. The van der Waals surface area contributed by atoms with Crippen LogP contribution < -0.4 is 0 Å². The first-order chi connectivity index (χ1) is 28.9. The molecule has 6 fully saturated rings. The van der Waals surface area contributed by atoms with Crippen molar-refractivity contribution in [2.24, 2.45) is 69.0 Å². The Morgan fingerprint density at radius 2 is 1.13 bits per heavy atom. The summed E-state index contributed by atoms with van der Waals surface area (Å²) in [6, 6.07) is 8.67. The summed E-state index contributed by atoms with van der Waals surface area (Å²) < 4.78 is 0. The first-order valence-electron chi connectivity index (χ1n) is 24.7. The zero-order chi connectivity index (χ0) is 41.9. The summed E-state index contributed by atoms with van der Waals surface area (Å²) in [6.07, 6.45) is 32.4. The predicted octanol–water partition coefficient (Wildman–Crippen LogP) is 11.9. The topological polar surface area (TPSA) is 66.4 Å². The Labute approximate surface area is 362 Å². The number of allylic oxidation sites excluding steroid dienone is 4. The summed E-state index contributed by atoms with van der Waals surface area (Å²) >= 11 is 0.